The van der Waals surface area contributed by atoms with E-state index in [1.807, 2.05) is 0 Å². The van der Waals surface area contributed by atoms with Gasteiger partial charge in [0.2, 0.25) is 0 Å². The van der Waals surface area contributed by atoms with Gasteiger partial charge in [-0.1, -0.05) is 0 Å². The summed E-state index contributed by atoms with van der Waals surface area (Å²) in [5, 5.41) is 18.2. The van der Waals surface area contributed by atoms with Crippen LogP contribution < -0.4 is 0 Å². The van der Waals surface area contributed by atoms with Crippen molar-refractivity contribution < 1.29 is 47.4 Å². The predicted octanol–water partition coefficient (Wildman–Crippen LogP) is -2.79. The molecule has 122 valence electrons. The lowest BCUT2D eigenvalue weighted by Gasteiger charge is -2.25. The molecule has 0 aromatic heterocycles. The first kappa shape index (κ1) is 16.6. The Morgan fingerprint density at radius 2 is 1.59 bits per heavy atom. The van der Waals surface area contributed by atoms with Gasteiger partial charge in [-0.15, -0.1) is 0 Å². The summed E-state index contributed by atoms with van der Waals surface area (Å²) in [7, 11) is -2.86. The van der Waals surface area contributed by atoms with Crippen molar-refractivity contribution in [2.75, 3.05) is 39.6 Å². The highest BCUT2D eigenvalue weighted by Gasteiger charge is 2.39. The average Bonchev–Trinajstić information content (AvgIpc) is 2.97. The second-order valence-corrected chi connectivity index (χ2v) is 5.05. The molecule has 0 aliphatic carbocycles. The topological polar surface area (TPSA) is 114 Å². The molecule has 13 heteroatoms. The van der Waals surface area contributed by atoms with Gasteiger partial charge in [-0.3, -0.25) is 0 Å². The first-order chi connectivity index (χ1) is 10.7. The van der Waals surface area contributed by atoms with E-state index in [9.17, 15) is 5.11 Å². The maximum absolute atomic E-state index is 9.21. The van der Waals surface area contributed by atoms with Gasteiger partial charge < -0.3 is 47.4 Å². The highest BCUT2D eigenvalue weighted by molar-refractivity contribution is 6.37. The summed E-state index contributed by atoms with van der Waals surface area (Å²) >= 11 is 0. The molecule has 3 rings (SSSR count). The summed E-state index contributed by atoms with van der Waals surface area (Å²) in [6.07, 6.45) is -1.32. The van der Waals surface area contributed by atoms with E-state index in [0.717, 1.165) is 0 Å². The van der Waals surface area contributed by atoms with Crippen molar-refractivity contribution in [2.45, 2.75) is 18.3 Å². The van der Waals surface area contributed by atoms with Crippen LogP contribution in [-0.2, 0) is 37.2 Å². The highest BCUT2D eigenvalue weighted by atomic mass is 16.8. The molecule has 0 radical (unpaired) electrons. The van der Waals surface area contributed by atoms with E-state index >= 15 is 0 Å². The summed E-state index contributed by atoms with van der Waals surface area (Å²) in [5.41, 5.74) is 0. The zero-order chi connectivity index (χ0) is 15.4. The predicted molar refractivity (Wildman–Crippen MR) is 70.9 cm³/mol. The van der Waals surface area contributed by atoms with Crippen molar-refractivity contribution in [1.82, 2.24) is 0 Å². The van der Waals surface area contributed by atoms with E-state index < -0.39 is 28.1 Å². The molecule has 0 aromatic rings. The van der Waals surface area contributed by atoms with E-state index in [-0.39, 0.29) is 45.2 Å². The third-order valence-corrected chi connectivity index (χ3v) is 3.14. The second kappa shape index (κ2) is 8.06. The Kier molecular flexibility index (Phi) is 6.10. The number of aliphatic hydroxyl groups is 1. The van der Waals surface area contributed by atoms with Gasteiger partial charge in [-0.05, 0) is 0 Å². The van der Waals surface area contributed by atoms with Crippen LogP contribution in [0.15, 0.2) is 0 Å². The van der Waals surface area contributed by atoms with Crippen LogP contribution in [0.3, 0.4) is 0 Å². The van der Waals surface area contributed by atoms with E-state index in [4.69, 9.17) is 42.3 Å². The molecule has 2 N–H and O–H groups in total. The Balaban J connectivity index is 1.30. The fourth-order valence-electron chi connectivity index (χ4n) is 2.05. The summed E-state index contributed by atoms with van der Waals surface area (Å²) in [4.78, 5) is 0. The molecule has 3 heterocycles. The standard InChI is InChI=1S/C9H17B3O10/c13-7-1-17-11(18-2-7)19-5-9-6-20-12(22-9)21-8-3-15-10(14)16-4-8/h7-9,13-14H,1-6H2. The molecule has 0 aromatic carbocycles. The average molecular weight is 318 g/mol. The number of hydrogen-bond acceptors (Lipinski definition) is 10. The minimum atomic E-state index is -1.21. The maximum atomic E-state index is 9.21. The largest absolute Gasteiger partial charge is 0.640 e. The fraction of sp³-hybridized carbons (Fsp3) is 1.00. The van der Waals surface area contributed by atoms with E-state index in [0.29, 0.717) is 6.61 Å². The third-order valence-electron chi connectivity index (χ3n) is 3.14. The minimum absolute atomic E-state index is 0.173. The number of rotatable bonds is 5. The Morgan fingerprint density at radius 3 is 2.32 bits per heavy atom. The van der Waals surface area contributed by atoms with Crippen LogP contribution in [0.1, 0.15) is 0 Å². The van der Waals surface area contributed by atoms with Crippen molar-refractivity contribution in [1.29, 1.82) is 0 Å². The lowest BCUT2D eigenvalue weighted by Crippen LogP contribution is -2.43. The van der Waals surface area contributed by atoms with Crippen LogP contribution >= 0.6 is 0 Å². The van der Waals surface area contributed by atoms with Crippen molar-refractivity contribution in [3.63, 3.8) is 0 Å². The Labute approximate surface area is 128 Å². The summed E-state index contributed by atoms with van der Waals surface area (Å²) in [5.74, 6) is 0. The number of aliphatic hydroxyl groups excluding tert-OH is 1. The highest BCUT2D eigenvalue weighted by Crippen LogP contribution is 2.15. The smallest absolute Gasteiger partial charge is 0.402 e. The van der Waals surface area contributed by atoms with Gasteiger partial charge in [-0.25, -0.2) is 0 Å². The SMILES string of the molecule is OB1OCC(OB2OCC(COB3OCC(O)CO3)O2)CO1. The van der Waals surface area contributed by atoms with Crippen molar-refractivity contribution in [3.05, 3.63) is 0 Å². The van der Waals surface area contributed by atoms with Crippen LogP contribution in [-0.4, -0.2) is 90.0 Å². The molecule has 0 spiro atoms. The molecule has 1 unspecified atom stereocenters. The molecule has 1 atom stereocenters. The molecule has 0 saturated carbocycles. The number of hydrogen-bond donors (Lipinski definition) is 2. The molecular formula is C9H17B3O10. The maximum Gasteiger partial charge on any atom is 0.640 e. The Bertz CT molecular complexity index is 336. The van der Waals surface area contributed by atoms with Gasteiger partial charge in [-0.2, -0.15) is 0 Å². The fourth-order valence-corrected chi connectivity index (χ4v) is 2.05. The van der Waals surface area contributed by atoms with Crippen molar-refractivity contribution >= 4 is 22.0 Å². The third kappa shape index (κ3) is 4.90. The van der Waals surface area contributed by atoms with E-state index in [1.54, 1.807) is 0 Å². The molecule has 3 fully saturated rings. The van der Waals surface area contributed by atoms with Crippen molar-refractivity contribution in [2.24, 2.45) is 0 Å². The zero-order valence-corrected chi connectivity index (χ0v) is 11.9. The quantitative estimate of drug-likeness (QED) is 0.515. The second-order valence-electron chi connectivity index (χ2n) is 5.05. The molecule has 0 amide bonds. The molecular weight excluding hydrogens is 301 g/mol. The van der Waals surface area contributed by atoms with Gasteiger partial charge in [0.15, 0.2) is 0 Å². The molecule has 3 aliphatic rings. The van der Waals surface area contributed by atoms with Gasteiger partial charge in [0.1, 0.15) is 0 Å². The van der Waals surface area contributed by atoms with Gasteiger partial charge in [0.05, 0.1) is 58.0 Å². The molecule has 10 nitrogen and oxygen atoms in total. The molecule has 22 heavy (non-hydrogen) atoms. The van der Waals surface area contributed by atoms with Crippen LogP contribution in [0.4, 0.5) is 0 Å². The first-order valence-corrected chi connectivity index (χ1v) is 7.05. The monoisotopic (exact) mass is 318 g/mol. The lowest BCUT2D eigenvalue weighted by atomic mass is 10.1. The van der Waals surface area contributed by atoms with Crippen LogP contribution in [0, 0.1) is 0 Å². The van der Waals surface area contributed by atoms with Gasteiger partial charge in [0, 0.05) is 0 Å². The Hall–Kier alpha value is -0.205. The molecule has 3 saturated heterocycles. The Morgan fingerprint density at radius 1 is 0.909 bits per heavy atom. The lowest BCUT2D eigenvalue weighted by molar-refractivity contribution is -0.0402. The van der Waals surface area contributed by atoms with Crippen LogP contribution in [0.2, 0.25) is 0 Å². The van der Waals surface area contributed by atoms with Gasteiger partial charge >= 0.3 is 22.0 Å². The summed E-state index contributed by atoms with van der Waals surface area (Å²) in [6, 6.07) is 0. The zero-order valence-electron chi connectivity index (χ0n) is 11.9. The summed E-state index contributed by atoms with van der Waals surface area (Å²) in [6.45, 7) is 1.24. The first-order valence-electron chi connectivity index (χ1n) is 7.05. The van der Waals surface area contributed by atoms with E-state index in [1.165, 1.54) is 0 Å². The molecule has 3 aliphatic heterocycles. The normalized spacial score (nSPS) is 28.6. The minimum Gasteiger partial charge on any atom is -0.402 e. The van der Waals surface area contributed by atoms with Crippen LogP contribution in [0.25, 0.3) is 0 Å². The van der Waals surface area contributed by atoms with E-state index in [2.05, 4.69) is 0 Å². The van der Waals surface area contributed by atoms with Crippen molar-refractivity contribution in [3.8, 4) is 0 Å². The molecule has 0 bridgehead atoms. The van der Waals surface area contributed by atoms with Crippen LogP contribution in [0.5, 0.6) is 0 Å². The summed E-state index contributed by atoms with van der Waals surface area (Å²) < 4.78 is 41.7. The van der Waals surface area contributed by atoms with Gasteiger partial charge in [0.25, 0.3) is 0 Å².